The minimum Gasteiger partial charge on any atom is -0.444 e. The van der Waals surface area contributed by atoms with E-state index >= 15 is 0 Å². The van der Waals surface area contributed by atoms with Gasteiger partial charge in [0.15, 0.2) is 0 Å². The van der Waals surface area contributed by atoms with E-state index in [9.17, 15) is 18.0 Å². The maximum absolute atomic E-state index is 13.4. The molecule has 3 heterocycles. The number of sulfonamides is 1. The van der Waals surface area contributed by atoms with Crippen molar-refractivity contribution >= 4 is 39.5 Å². The van der Waals surface area contributed by atoms with Gasteiger partial charge >= 0.3 is 6.09 Å². The summed E-state index contributed by atoms with van der Waals surface area (Å²) in [5.74, 6) is 0.273. The molecule has 2 aliphatic heterocycles. The van der Waals surface area contributed by atoms with Crippen molar-refractivity contribution in [2.45, 2.75) is 63.5 Å². The van der Waals surface area contributed by atoms with Crippen LogP contribution in [-0.2, 0) is 19.5 Å². The van der Waals surface area contributed by atoms with Crippen LogP contribution in [0.5, 0.6) is 0 Å². The van der Waals surface area contributed by atoms with Crippen LogP contribution in [0.4, 0.5) is 22.2 Å². The van der Waals surface area contributed by atoms with Gasteiger partial charge in [-0.15, -0.1) is 0 Å². The lowest BCUT2D eigenvalue weighted by Crippen LogP contribution is -2.40. The van der Waals surface area contributed by atoms with E-state index in [1.54, 1.807) is 17.0 Å². The first-order valence-electron chi connectivity index (χ1n) is 14.3. The van der Waals surface area contributed by atoms with E-state index in [-0.39, 0.29) is 22.6 Å². The van der Waals surface area contributed by atoms with Gasteiger partial charge in [0.25, 0.3) is 5.91 Å². The molecule has 0 saturated carbocycles. The van der Waals surface area contributed by atoms with Gasteiger partial charge in [0.05, 0.1) is 18.1 Å². The van der Waals surface area contributed by atoms with E-state index < -0.39 is 21.5 Å². The molecular weight excluding hydrogens is 562 g/mol. The molecule has 3 N–H and O–H groups in total. The molecule has 0 unspecified atom stereocenters. The molecule has 13 nitrogen and oxygen atoms in total. The molecule has 4 rings (SSSR count). The second kappa shape index (κ2) is 13.7. The van der Waals surface area contributed by atoms with Gasteiger partial charge in [-0.05, 0) is 57.9 Å². The zero-order valence-corrected chi connectivity index (χ0v) is 25.5. The molecule has 1 aromatic heterocycles. The Bertz CT molecular complexity index is 1340. The van der Waals surface area contributed by atoms with Gasteiger partial charge < -0.3 is 30.3 Å². The first-order valence-corrected chi connectivity index (χ1v) is 15.7. The van der Waals surface area contributed by atoms with Crippen LogP contribution < -0.4 is 16.0 Å². The quantitative estimate of drug-likeness (QED) is 0.344. The second-order valence-electron chi connectivity index (χ2n) is 11.3. The van der Waals surface area contributed by atoms with E-state index in [1.165, 1.54) is 22.6 Å². The molecule has 1 atom stereocenters. The Balaban J connectivity index is 1.47. The Morgan fingerprint density at radius 2 is 1.83 bits per heavy atom. The number of aromatic nitrogens is 2. The zero-order chi connectivity index (χ0) is 30.3. The number of hydrogen-bond acceptors (Lipinski definition) is 10. The van der Waals surface area contributed by atoms with Crippen LogP contribution >= 0.6 is 0 Å². The number of rotatable bonds is 10. The third kappa shape index (κ3) is 8.29. The maximum Gasteiger partial charge on any atom is 0.410 e. The van der Waals surface area contributed by atoms with Gasteiger partial charge in [0.2, 0.25) is 16.0 Å². The third-order valence-electron chi connectivity index (χ3n) is 6.75. The lowest BCUT2D eigenvalue weighted by Gasteiger charge is -2.26. The minimum atomic E-state index is -3.65. The van der Waals surface area contributed by atoms with Crippen LogP contribution in [-0.4, -0.2) is 97.2 Å². The molecule has 0 spiro atoms. The van der Waals surface area contributed by atoms with Crippen molar-refractivity contribution in [2.75, 3.05) is 61.9 Å². The summed E-state index contributed by atoms with van der Waals surface area (Å²) >= 11 is 0. The van der Waals surface area contributed by atoms with Crippen molar-refractivity contribution in [3.8, 4) is 0 Å². The highest BCUT2D eigenvalue weighted by molar-refractivity contribution is 7.89. The number of carbonyl (C=O) groups is 2. The predicted molar refractivity (Wildman–Crippen MR) is 159 cm³/mol. The smallest absolute Gasteiger partial charge is 0.410 e. The average Bonchev–Trinajstić information content (AvgIpc) is 3.42. The number of nitrogens with zero attached hydrogens (tertiary/aromatic N) is 4. The number of ether oxygens (including phenoxy) is 2. The first kappa shape index (κ1) is 31.4. The fourth-order valence-electron chi connectivity index (χ4n) is 4.53. The summed E-state index contributed by atoms with van der Waals surface area (Å²) in [4.78, 5) is 36.6. The van der Waals surface area contributed by atoms with Crippen molar-refractivity contribution in [3.05, 3.63) is 36.0 Å². The summed E-state index contributed by atoms with van der Waals surface area (Å²) in [6.07, 6.45) is 3.68. The van der Waals surface area contributed by atoms with Crippen LogP contribution in [0.25, 0.3) is 0 Å². The topological polar surface area (TPSA) is 155 Å². The molecule has 230 valence electrons. The predicted octanol–water partition coefficient (Wildman–Crippen LogP) is 3.38. The number of hydrogen-bond donors (Lipinski definition) is 3. The van der Waals surface area contributed by atoms with E-state index in [1.807, 2.05) is 20.8 Å². The van der Waals surface area contributed by atoms with Crippen molar-refractivity contribution in [1.29, 1.82) is 0 Å². The second-order valence-corrected chi connectivity index (χ2v) is 13.2. The van der Waals surface area contributed by atoms with Crippen molar-refractivity contribution in [2.24, 2.45) is 0 Å². The number of unbranched alkanes of at least 4 members (excludes halogenated alkanes) is 1. The maximum atomic E-state index is 13.4. The summed E-state index contributed by atoms with van der Waals surface area (Å²) < 4.78 is 38.0. The molecule has 0 bridgehead atoms. The number of benzene rings is 1. The van der Waals surface area contributed by atoms with Gasteiger partial charge in [-0.25, -0.2) is 18.2 Å². The number of amides is 2. The zero-order valence-electron chi connectivity index (χ0n) is 24.7. The van der Waals surface area contributed by atoms with Gasteiger partial charge in [-0.3, -0.25) is 4.79 Å². The molecule has 42 heavy (non-hydrogen) atoms. The Hall–Kier alpha value is -3.49. The largest absolute Gasteiger partial charge is 0.444 e. The highest BCUT2D eigenvalue weighted by Crippen LogP contribution is 2.24. The number of nitrogens with one attached hydrogen (secondary N) is 3. The van der Waals surface area contributed by atoms with Crippen LogP contribution in [0.3, 0.4) is 0 Å². The van der Waals surface area contributed by atoms with Crippen molar-refractivity contribution in [1.82, 2.24) is 19.2 Å². The molecule has 2 aromatic rings. The van der Waals surface area contributed by atoms with Crippen LogP contribution in [0.2, 0.25) is 0 Å². The van der Waals surface area contributed by atoms with Gasteiger partial charge in [0.1, 0.15) is 17.0 Å². The highest BCUT2D eigenvalue weighted by Gasteiger charge is 2.31. The van der Waals surface area contributed by atoms with Crippen LogP contribution in [0.15, 0.2) is 35.4 Å². The van der Waals surface area contributed by atoms with Crippen molar-refractivity contribution in [3.63, 3.8) is 0 Å². The Morgan fingerprint density at radius 3 is 2.50 bits per heavy atom. The number of anilines is 3. The summed E-state index contributed by atoms with van der Waals surface area (Å²) in [6, 6.07) is 5.90. The third-order valence-corrected chi connectivity index (χ3v) is 8.66. The molecule has 2 aliphatic rings. The van der Waals surface area contributed by atoms with Gasteiger partial charge in [-0.2, -0.15) is 9.29 Å². The molecule has 2 amide bonds. The molecule has 2 fully saturated rings. The van der Waals surface area contributed by atoms with Gasteiger partial charge in [-0.1, -0.05) is 13.3 Å². The van der Waals surface area contributed by atoms with Crippen LogP contribution in [0, 0.1) is 0 Å². The number of likely N-dealkylation sites (tertiary alicyclic amines) is 1. The van der Waals surface area contributed by atoms with E-state index in [4.69, 9.17) is 9.47 Å². The fourth-order valence-corrected chi connectivity index (χ4v) is 5.94. The molecular formula is C28H41N7O6S. The standard InChI is InChI=1S/C28H41N7O6S/c1-5-6-12-29-26-30-18-23(24(33-26)31-21-11-13-34(19-21)27(37)41-28(2,3)4)25(36)32-20-7-9-22(10-8-20)42(38,39)35-14-16-40-17-15-35/h7-10,18,21H,5-6,11-17,19H2,1-4H3,(H,32,36)(H2,29,30,31,33)/t21-/m1/s1. The Morgan fingerprint density at radius 1 is 1.12 bits per heavy atom. The summed E-state index contributed by atoms with van der Waals surface area (Å²) in [7, 11) is -3.65. The van der Waals surface area contributed by atoms with E-state index in [2.05, 4.69) is 32.8 Å². The molecule has 14 heteroatoms. The number of carbonyl (C=O) groups excluding carboxylic acids is 2. The highest BCUT2D eigenvalue weighted by atomic mass is 32.2. The SMILES string of the molecule is CCCCNc1ncc(C(=O)Nc2ccc(S(=O)(=O)N3CCOCC3)cc2)c(N[C@@H]2CCN(C(=O)OC(C)(C)C)C2)n1. The molecule has 0 aliphatic carbocycles. The Labute approximate surface area is 247 Å². The normalized spacial score (nSPS) is 18.0. The van der Waals surface area contributed by atoms with Crippen molar-refractivity contribution < 1.29 is 27.5 Å². The lowest BCUT2D eigenvalue weighted by molar-refractivity contribution is 0.0293. The number of morpholine rings is 1. The van der Waals surface area contributed by atoms with Crippen LogP contribution in [0.1, 0.15) is 57.3 Å². The molecule has 2 saturated heterocycles. The van der Waals surface area contributed by atoms with E-state index in [0.29, 0.717) is 69.8 Å². The average molecular weight is 604 g/mol. The summed E-state index contributed by atoms with van der Waals surface area (Å²) in [5.41, 5.74) is 0.0514. The summed E-state index contributed by atoms with van der Waals surface area (Å²) in [6.45, 7) is 10.5. The minimum absolute atomic E-state index is 0.145. The fraction of sp³-hybridized carbons (Fsp3) is 0.571. The monoisotopic (exact) mass is 603 g/mol. The Kier molecular flexibility index (Phi) is 10.2. The van der Waals surface area contributed by atoms with Gasteiger partial charge in [0, 0.05) is 50.6 Å². The summed E-state index contributed by atoms with van der Waals surface area (Å²) in [5, 5.41) is 9.32. The lowest BCUT2D eigenvalue weighted by atomic mass is 10.2. The first-order chi connectivity index (χ1) is 20.0. The molecule has 0 radical (unpaired) electrons. The molecule has 1 aromatic carbocycles. The van der Waals surface area contributed by atoms with E-state index in [0.717, 1.165) is 12.8 Å².